The molecule has 0 radical (unpaired) electrons. The van der Waals surface area contributed by atoms with Gasteiger partial charge in [-0.05, 0) is 39.5 Å². The third kappa shape index (κ3) is 2.30. The normalized spacial score (nSPS) is 28.1. The molecular formula is C12H18O. The SMILES string of the molecule is C=C(C)C1CC(C)=CCC1C(C)=O. The molecule has 0 amide bonds. The predicted octanol–water partition coefficient (Wildman–Crippen LogP) is 3.12. The number of ketones is 1. The average Bonchev–Trinajstić information content (AvgIpc) is 2.03. The van der Waals surface area contributed by atoms with Crippen molar-refractivity contribution < 1.29 is 4.79 Å². The maximum Gasteiger partial charge on any atom is 0.133 e. The second-order valence-electron chi connectivity index (χ2n) is 4.16. The molecule has 0 bridgehead atoms. The van der Waals surface area contributed by atoms with Crippen LogP contribution in [0.3, 0.4) is 0 Å². The molecule has 0 fully saturated rings. The molecule has 1 aliphatic carbocycles. The third-order valence-corrected chi connectivity index (χ3v) is 2.90. The Hall–Kier alpha value is -0.850. The molecule has 0 saturated heterocycles. The van der Waals surface area contributed by atoms with Crippen LogP contribution in [0.4, 0.5) is 0 Å². The van der Waals surface area contributed by atoms with E-state index < -0.39 is 0 Å². The number of rotatable bonds is 2. The minimum Gasteiger partial charge on any atom is -0.300 e. The first kappa shape index (κ1) is 10.2. The first-order valence-electron chi connectivity index (χ1n) is 4.84. The monoisotopic (exact) mass is 178 g/mol. The maximum atomic E-state index is 11.3. The molecule has 1 rings (SSSR count). The van der Waals surface area contributed by atoms with Crippen LogP contribution in [-0.4, -0.2) is 5.78 Å². The highest BCUT2D eigenvalue weighted by Gasteiger charge is 2.28. The average molecular weight is 178 g/mol. The summed E-state index contributed by atoms with van der Waals surface area (Å²) >= 11 is 0. The minimum atomic E-state index is 0.182. The first-order valence-corrected chi connectivity index (χ1v) is 4.84. The van der Waals surface area contributed by atoms with Crippen molar-refractivity contribution in [2.75, 3.05) is 0 Å². The van der Waals surface area contributed by atoms with Gasteiger partial charge in [-0.25, -0.2) is 0 Å². The standard InChI is InChI=1S/C12H18O/c1-8(2)12-7-9(3)5-6-11(12)10(4)13/h5,11-12H,1,6-7H2,2-4H3. The van der Waals surface area contributed by atoms with Gasteiger partial charge in [0, 0.05) is 5.92 Å². The van der Waals surface area contributed by atoms with Gasteiger partial charge in [0.15, 0.2) is 0 Å². The predicted molar refractivity (Wildman–Crippen MR) is 55.5 cm³/mol. The number of allylic oxidation sites excluding steroid dienone is 3. The molecule has 0 aliphatic heterocycles. The fourth-order valence-electron chi connectivity index (χ4n) is 2.03. The van der Waals surface area contributed by atoms with Crippen LogP contribution in [0.5, 0.6) is 0 Å². The molecule has 72 valence electrons. The van der Waals surface area contributed by atoms with Crippen LogP contribution < -0.4 is 0 Å². The van der Waals surface area contributed by atoms with E-state index in [2.05, 4.69) is 19.6 Å². The van der Waals surface area contributed by atoms with Crippen LogP contribution in [0, 0.1) is 11.8 Å². The Balaban J connectivity index is 2.83. The van der Waals surface area contributed by atoms with E-state index in [-0.39, 0.29) is 5.92 Å². The Morgan fingerprint density at radius 2 is 2.08 bits per heavy atom. The highest BCUT2D eigenvalue weighted by atomic mass is 16.1. The molecule has 1 nitrogen and oxygen atoms in total. The number of hydrogen-bond acceptors (Lipinski definition) is 1. The minimum absolute atomic E-state index is 0.182. The second kappa shape index (κ2) is 3.91. The van der Waals surface area contributed by atoms with Crippen molar-refractivity contribution in [1.82, 2.24) is 0 Å². The number of hydrogen-bond donors (Lipinski definition) is 0. The molecule has 1 heteroatoms. The quantitative estimate of drug-likeness (QED) is 0.594. The molecule has 0 spiro atoms. The molecule has 0 aromatic rings. The van der Waals surface area contributed by atoms with Gasteiger partial charge in [0.05, 0.1) is 0 Å². The topological polar surface area (TPSA) is 17.1 Å². The Labute approximate surface area is 80.5 Å². The fourth-order valence-corrected chi connectivity index (χ4v) is 2.03. The summed E-state index contributed by atoms with van der Waals surface area (Å²) in [5.41, 5.74) is 2.54. The number of carbonyl (C=O) groups is 1. The van der Waals surface area contributed by atoms with Crippen molar-refractivity contribution in [1.29, 1.82) is 0 Å². The molecule has 0 aromatic heterocycles. The van der Waals surface area contributed by atoms with Crippen LogP contribution in [-0.2, 0) is 4.79 Å². The summed E-state index contributed by atoms with van der Waals surface area (Å²) in [6.07, 6.45) is 4.10. The number of carbonyl (C=O) groups excluding carboxylic acids is 1. The molecular weight excluding hydrogens is 160 g/mol. The van der Waals surface area contributed by atoms with E-state index in [0.717, 1.165) is 18.4 Å². The van der Waals surface area contributed by atoms with E-state index in [1.807, 2.05) is 6.92 Å². The van der Waals surface area contributed by atoms with Crippen molar-refractivity contribution in [3.8, 4) is 0 Å². The van der Waals surface area contributed by atoms with Crippen molar-refractivity contribution in [2.45, 2.75) is 33.6 Å². The van der Waals surface area contributed by atoms with Crippen LogP contribution in [0.1, 0.15) is 33.6 Å². The van der Waals surface area contributed by atoms with Gasteiger partial charge in [0.25, 0.3) is 0 Å². The summed E-state index contributed by atoms with van der Waals surface area (Å²) in [4.78, 5) is 11.3. The van der Waals surface area contributed by atoms with E-state index in [9.17, 15) is 4.79 Å². The Kier molecular flexibility index (Phi) is 3.07. The van der Waals surface area contributed by atoms with E-state index in [1.165, 1.54) is 5.57 Å². The van der Waals surface area contributed by atoms with E-state index >= 15 is 0 Å². The van der Waals surface area contributed by atoms with Crippen LogP contribution in [0.2, 0.25) is 0 Å². The van der Waals surface area contributed by atoms with Gasteiger partial charge < -0.3 is 0 Å². The van der Waals surface area contributed by atoms with Gasteiger partial charge in [0.2, 0.25) is 0 Å². The fraction of sp³-hybridized carbons (Fsp3) is 0.583. The van der Waals surface area contributed by atoms with Crippen LogP contribution in [0.25, 0.3) is 0 Å². The molecule has 0 saturated carbocycles. The molecule has 1 aliphatic rings. The zero-order valence-electron chi connectivity index (χ0n) is 8.76. The summed E-state index contributed by atoms with van der Waals surface area (Å²) in [6.45, 7) is 9.81. The van der Waals surface area contributed by atoms with Crippen molar-refractivity contribution in [3.05, 3.63) is 23.8 Å². The van der Waals surface area contributed by atoms with Gasteiger partial charge in [0.1, 0.15) is 5.78 Å². The summed E-state index contributed by atoms with van der Waals surface area (Å²) in [5.74, 6) is 0.862. The van der Waals surface area contributed by atoms with E-state index in [0.29, 0.717) is 11.7 Å². The molecule has 2 atom stereocenters. The van der Waals surface area contributed by atoms with Gasteiger partial charge in [-0.15, -0.1) is 0 Å². The van der Waals surface area contributed by atoms with E-state index in [4.69, 9.17) is 0 Å². The Bertz CT molecular complexity index is 260. The van der Waals surface area contributed by atoms with Gasteiger partial charge >= 0.3 is 0 Å². The molecule has 13 heavy (non-hydrogen) atoms. The van der Waals surface area contributed by atoms with Crippen molar-refractivity contribution in [3.63, 3.8) is 0 Å². The summed E-state index contributed by atoms with van der Waals surface area (Å²) in [6, 6.07) is 0. The van der Waals surface area contributed by atoms with Gasteiger partial charge in [-0.2, -0.15) is 0 Å². The largest absolute Gasteiger partial charge is 0.300 e. The summed E-state index contributed by atoms with van der Waals surface area (Å²) < 4.78 is 0. The molecule has 0 heterocycles. The third-order valence-electron chi connectivity index (χ3n) is 2.90. The smallest absolute Gasteiger partial charge is 0.133 e. The molecule has 0 N–H and O–H groups in total. The molecule has 2 unspecified atom stereocenters. The van der Waals surface area contributed by atoms with Crippen LogP contribution in [0.15, 0.2) is 23.8 Å². The summed E-state index contributed by atoms with van der Waals surface area (Å²) in [7, 11) is 0. The highest BCUT2D eigenvalue weighted by Crippen LogP contribution is 2.34. The van der Waals surface area contributed by atoms with Crippen LogP contribution >= 0.6 is 0 Å². The van der Waals surface area contributed by atoms with Crippen molar-refractivity contribution in [2.24, 2.45) is 11.8 Å². The van der Waals surface area contributed by atoms with Gasteiger partial charge in [-0.3, -0.25) is 4.79 Å². The van der Waals surface area contributed by atoms with E-state index in [1.54, 1.807) is 6.92 Å². The lowest BCUT2D eigenvalue weighted by Gasteiger charge is -2.29. The highest BCUT2D eigenvalue weighted by molar-refractivity contribution is 5.79. The Morgan fingerprint density at radius 1 is 1.46 bits per heavy atom. The Morgan fingerprint density at radius 3 is 2.54 bits per heavy atom. The number of Topliss-reactive ketones (excluding diaryl/α,β-unsaturated/α-hetero) is 1. The van der Waals surface area contributed by atoms with Gasteiger partial charge in [-0.1, -0.05) is 23.8 Å². The van der Waals surface area contributed by atoms with Crippen molar-refractivity contribution >= 4 is 5.78 Å². The first-order chi connectivity index (χ1) is 6.02. The summed E-state index contributed by atoms with van der Waals surface area (Å²) in [5, 5.41) is 0. The zero-order valence-corrected chi connectivity index (χ0v) is 8.76. The zero-order chi connectivity index (χ0) is 10.0. The second-order valence-corrected chi connectivity index (χ2v) is 4.16. The molecule has 0 aromatic carbocycles. The lowest BCUT2D eigenvalue weighted by atomic mass is 9.75. The lowest BCUT2D eigenvalue weighted by Crippen LogP contribution is -2.25. The lowest BCUT2D eigenvalue weighted by molar-refractivity contribution is -0.122. The maximum absolute atomic E-state index is 11.3.